The van der Waals surface area contributed by atoms with E-state index in [2.05, 4.69) is 23.9 Å². The van der Waals surface area contributed by atoms with Gasteiger partial charge in [-0.25, -0.2) is 4.98 Å². The number of anilines is 1. The van der Waals surface area contributed by atoms with E-state index in [9.17, 15) is 0 Å². The molecule has 1 aliphatic carbocycles. The molecule has 0 aromatic carbocycles. The molecule has 1 unspecified atom stereocenters. The monoisotopic (exact) mass is 292 g/mol. The number of methoxy groups -OCH3 is 1. The van der Waals surface area contributed by atoms with Gasteiger partial charge in [0.25, 0.3) is 0 Å². The fraction of sp³-hybridized carbons (Fsp3) is 0.600. The highest BCUT2D eigenvalue weighted by Crippen LogP contribution is 2.28. The van der Waals surface area contributed by atoms with Crippen LogP contribution in [0.25, 0.3) is 0 Å². The maximum Gasteiger partial charge on any atom is 0.173 e. The molecule has 21 heavy (non-hydrogen) atoms. The van der Waals surface area contributed by atoms with Crippen molar-refractivity contribution in [1.82, 2.24) is 4.98 Å². The summed E-state index contributed by atoms with van der Waals surface area (Å²) in [5.41, 5.74) is 8.89. The third kappa shape index (κ3) is 3.10. The molecule has 6 nitrogen and oxygen atoms in total. The Hall–Kier alpha value is -1.82. The largest absolute Gasteiger partial charge is 0.409 e. The van der Waals surface area contributed by atoms with Crippen molar-refractivity contribution in [3.63, 3.8) is 0 Å². The van der Waals surface area contributed by atoms with Gasteiger partial charge < -0.3 is 20.6 Å². The lowest BCUT2D eigenvalue weighted by Gasteiger charge is -2.30. The van der Waals surface area contributed by atoms with Crippen LogP contribution in [0.1, 0.15) is 37.1 Å². The lowest BCUT2D eigenvalue weighted by Crippen LogP contribution is -2.38. The van der Waals surface area contributed by atoms with Crippen molar-refractivity contribution in [2.45, 2.75) is 39.2 Å². The molecule has 116 valence electrons. The molecule has 1 aromatic rings. The SMILES string of the molecule is CCN(c1nc2c(cc1C(N)=NO)CCC2)C(C)COC. The van der Waals surface area contributed by atoms with E-state index >= 15 is 0 Å². The standard InChI is InChI=1S/C15H24N4O2/c1-4-19(10(2)9-21-3)15-12(14(16)18-20)8-11-6-5-7-13(11)17-15/h8,10,20H,4-7,9H2,1-3H3,(H2,16,18). The van der Waals surface area contributed by atoms with Crippen molar-refractivity contribution in [1.29, 1.82) is 0 Å². The van der Waals surface area contributed by atoms with Gasteiger partial charge in [-0.05, 0) is 44.7 Å². The number of rotatable bonds is 6. The molecule has 3 N–H and O–H groups in total. The minimum atomic E-state index is 0.107. The number of ether oxygens (including phenoxy) is 1. The molecule has 0 aliphatic heterocycles. The molecule has 1 atom stereocenters. The predicted molar refractivity (Wildman–Crippen MR) is 83.1 cm³/mol. The fourth-order valence-electron chi connectivity index (χ4n) is 2.92. The Kier molecular flexibility index (Phi) is 5.01. The number of nitrogens with zero attached hydrogens (tertiary/aromatic N) is 3. The summed E-state index contributed by atoms with van der Waals surface area (Å²) >= 11 is 0. The first-order valence-electron chi connectivity index (χ1n) is 7.38. The van der Waals surface area contributed by atoms with Gasteiger partial charge in [-0.2, -0.15) is 0 Å². The molecule has 6 heteroatoms. The van der Waals surface area contributed by atoms with E-state index < -0.39 is 0 Å². The molecule has 1 aliphatic rings. The Bertz CT molecular complexity index is 531. The molecule has 2 rings (SSSR count). The van der Waals surface area contributed by atoms with Crippen molar-refractivity contribution in [3.05, 3.63) is 22.9 Å². The Labute approximate surface area is 125 Å². The molecule has 1 heterocycles. The van der Waals surface area contributed by atoms with E-state index in [4.69, 9.17) is 20.7 Å². The van der Waals surface area contributed by atoms with Crippen LogP contribution in [0.3, 0.4) is 0 Å². The highest BCUT2D eigenvalue weighted by Gasteiger charge is 2.23. The molecule has 0 amide bonds. The normalized spacial score (nSPS) is 15.9. The topological polar surface area (TPSA) is 84.0 Å². The van der Waals surface area contributed by atoms with Gasteiger partial charge in [-0.3, -0.25) is 0 Å². The third-order valence-electron chi connectivity index (χ3n) is 3.97. The molecule has 0 spiro atoms. The summed E-state index contributed by atoms with van der Waals surface area (Å²) in [6, 6.07) is 2.18. The Morgan fingerprint density at radius 2 is 2.33 bits per heavy atom. The van der Waals surface area contributed by atoms with E-state index in [1.165, 1.54) is 5.56 Å². The summed E-state index contributed by atoms with van der Waals surface area (Å²) in [4.78, 5) is 6.93. The molecule has 0 radical (unpaired) electrons. The number of fused-ring (bicyclic) bond motifs is 1. The van der Waals surface area contributed by atoms with Crippen LogP contribution >= 0.6 is 0 Å². The summed E-state index contributed by atoms with van der Waals surface area (Å²) in [6.07, 6.45) is 3.12. The molecule has 0 bridgehead atoms. The van der Waals surface area contributed by atoms with Gasteiger partial charge >= 0.3 is 0 Å². The van der Waals surface area contributed by atoms with E-state index in [-0.39, 0.29) is 11.9 Å². The summed E-state index contributed by atoms with van der Waals surface area (Å²) < 4.78 is 5.25. The summed E-state index contributed by atoms with van der Waals surface area (Å²) in [5, 5.41) is 12.2. The quantitative estimate of drug-likeness (QED) is 0.359. The first-order chi connectivity index (χ1) is 10.1. The first kappa shape index (κ1) is 15.6. The van der Waals surface area contributed by atoms with Crippen molar-refractivity contribution in [2.75, 3.05) is 25.2 Å². The van der Waals surface area contributed by atoms with Crippen LogP contribution in [-0.4, -0.2) is 42.3 Å². The van der Waals surface area contributed by atoms with E-state index in [0.717, 1.165) is 37.3 Å². The van der Waals surface area contributed by atoms with Crippen LogP contribution in [0.5, 0.6) is 0 Å². The lowest BCUT2D eigenvalue weighted by molar-refractivity contribution is 0.181. The van der Waals surface area contributed by atoms with Crippen LogP contribution < -0.4 is 10.6 Å². The van der Waals surface area contributed by atoms with E-state index in [0.29, 0.717) is 12.2 Å². The van der Waals surface area contributed by atoms with Gasteiger partial charge in [0.2, 0.25) is 0 Å². The molecular formula is C15H24N4O2. The highest BCUT2D eigenvalue weighted by molar-refractivity contribution is 6.01. The molecule has 0 saturated heterocycles. The van der Waals surface area contributed by atoms with Crippen LogP contribution in [-0.2, 0) is 17.6 Å². The van der Waals surface area contributed by atoms with Crippen LogP contribution in [0.15, 0.2) is 11.2 Å². The van der Waals surface area contributed by atoms with Gasteiger partial charge in [-0.15, -0.1) is 0 Å². The maximum absolute atomic E-state index is 9.05. The minimum absolute atomic E-state index is 0.107. The van der Waals surface area contributed by atoms with Crippen molar-refractivity contribution in [3.8, 4) is 0 Å². The van der Waals surface area contributed by atoms with Crippen molar-refractivity contribution >= 4 is 11.7 Å². The lowest BCUT2D eigenvalue weighted by atomic mass is 10.1. The number of aromatic nitrogens is 1. The van der Waals surface area contributed by atoms with Gasteiger partial charge in [0, 0.05) is 19.3 Å². The molecule has 0 fully saturated rings. The fourth-order valence-corrected chi connectivity index (χ4v) is 2.92. The second kappa shape index (κ2) is 6.76. The smallest absolute Gasteiger partial charge is 0.173 e. The highest BCUT2D eigenvalue weighted by atomic mass is 16.5. The second-order valence-corrected chi connectivity index (χ2v) is 5.39. The zero-order valence-electron chi connectivity index (χ0n) is 13.0. The van der Waals surface area contributed by atoms with Gasteiger partial charge in [-0.1, -0.05) is 5.16 Å². The number of aryl methyl sites for hydroxylation is 2. The molecule has 0 saturated carbocycles. The van der Waals surface area contributed by atoms with E-state index in [1.807, 2.05) is 6.07 Å². The zero-order valence-corrected chi connectivity index (χ0v) is 13.0. The third-order valence-corrected chi connectivity index (χ3v) is 3.97. The number of oxime groups is 1. The number of amidine groups is 1. The van der Waals surface area contributed by atoms with Gasteiger partial charge in [0.05, 0.1) is 18.2 Å². The average Bonchev–Trinajstić information content (AvgIpc) is 2.94. The van der Waals surface area contributed by atoms with Crippen molar-refractivity contribution in [2.24, 2.45) is 10.9 Å². The van der Waals surface area contributed by atoms with Gasteiger partial charge in [0.1, 0.15) is 5.82 Å². The summed E-state index contributed by atoms with van der Waals surface area (Å²) in [7, 11) is 1.69. The molecular weight excluding hydrogens is 268 g/mol. The Morgan fingerprint density at radius 3 is 2.95 bits per heavy atom. The molecule has 1 aromatic heterocycles. The van der Waals surface area contributed by atoms with Crippen LogP contribution in [0.2, 0.25) is 0 Å². The van der Waals surface area contributed by atoms with Crippen molar-refractivity contribution < 1.29 is 9.94 Å². The predicted octanol–water partition coefficient (Wildman–Crippen LogP) is 1.53. The number of hydrogen-bond donors (Lipinski definition) is 2. The number of pyridine rings is 1. The maximum atomic E-state index is 9.05. The summed E-state index contributed by atoms with van der Waals surface area (Å²) in [6.45, 7) is 5.53. The zero-order chi connectivity index (χ0) is 15.4. The first-order valence-corrected chi connectivity index (χ1v) is 7.38. The average molecular weight is 292 g/mol. The number of nitrogens with two attached hydrogens (primary N) is 1. The number of hydrogen-bond acceptors (Lipinski definition) is 5. The number of likely N-dealkylation sites (N-methyl/N-ethyl adjacent to an activating group) is 1. The van der Waals surface area contributed by atoms with Gasteiger partial charge in [0.15, 0.2) is 5.84 Å². The second-order valence-electron chi connectivity index (χ2n) is 5.39. The van der Waals surface area contributed by atoms with E-state index in [1.54, 1.807) is 7.11 Å². The van der Waals surface area contributed by atoms with Crippen LogP contribution in [0.4, 0.5) is 5.82 Å². The Balaban J connectivity index is 2.49. The minimum Gasteiger partial charge on any atom is -0.409 e. The Morgan fingerprint density at radius 1 is 1.57 bits per heavy atom. The van der Waals surface area contributed by atoms with Crippen LogP contribution in [0, 0.1) is 0 Å². The summed E-state index contributed by atoms with van der Waals surface area (Å²) in [5.74, 6) is 0.883.